The maximum atomic E-state index is 3.94. The summed E-state index contributed by atoms with van der Waals surface area (Å²) in [6.07, 6.45) is 11.8. The standard InChI is InChI=1S/C23H36/c1-7-20-15-21(8-2)17-23(16-20)22(13-9-11-18(3)4)14-10-12-19(5)6/h7-8,15-19,22H,1-2,9-14H2,3-6H3. The normalized spacial score (nSPS) is 11.4. The Morgan fingerprint density at radius 3 is 1.52 bits per heavy atom. The van der Waals surface area contributed by atoms with E-state index in [1.54, 1.807) is 0 Å². The highest BCUT2D eigenvalue weighted by atomic mass is 14.2. The van der Waals surface area contributed by atoms with Gasteiger partial charge in [-0.15, -0.1) is 0 Å². The molecule has 1 aromatic carbocycles. The predicted octanol–water partition coefficient (Wildman–Crippen LogP) is 7.71. The van der Waals surface area contributed by atoms with Crippen LogP contribution in [0.15, 0.2) is 31.4 Å². The van der Waals surface area contributed by atoms with E-state index in [4.69, 9.17) is 0 Å². The highest BCUT2D eigenvalue weighted by molar-refractivity contribution is 5.58. The molecule has 0 spiro atoms. The van der Waals surface area contributed by atoms with Crippen LogP contribution in [0, 0.1) is 11.8 Å². The number of hydrogen-bond acceptors (Lipinski definition) is 0. The van der Waals surface area contributed by atoms with Gasteiger partial charge in [-0.3, -0.25) is 0 Å². The maximum Gasteiger partial charge on any atom is -0.0162 e. The first kappa shape index (κ1) is 19.7. The predicted molar refractivity (Wildman–Crippen MR) is 107 cm³/mol. The average Bonchev–Trinajstić information content (AvgIpc) is 2.52. The summed E-state index contributed by atoms with van der Waals surface area (Å²) < 4.78 is 0. The Morgan fingerprint density at radius 1 is 0.739 bits per heavy atom. The molecule has 128 valence electrons. The van der Waals surface area contributed by atoms with Gasteiger partial charge in [-0.2, -0.15) is 0 Å². The van der Waals surface area contributed by atoms with Crippen molar-refractivity contribution in [3.05, 3.63) is 48.0 Å². The molecule has 0 heterocycles. The molecule has 0 bridgehead atoms. The highest BCUT2D eigenvalue weighted by Gasteiger charge is 2.13. The van der Waals surface area contributed by atoms with Gasteiger partial charge in [0.05, 0.1) is 0 Å². The van der Waals surface area contributed by atoms with Gasteiger partial charge in [0.1, 0.15) is 0 Å². The van der Waals surface area contributed by atoms with Crippen LogP contribution in [-0.4, -0.2) is 0 Å². The Kier molecular flexibility index (Phi) is 8.99. The van der Waals surface area contributed by atoms with E-state index in [0.717, 1.165) is 11.8 Å². The van der Waals surface area contributed by atoms with E-state index >= 15 is 0 Å². The summed E-state index contributed by atoms with van der Waals surface area (Å²) in [7, 11) is 0. The lowest BCUT2D eigenvalue weighted by Gasteiger charge is -2.20. The Morgan fingerprint density at radius 2 is 1.17 bits per heavy atom. The van der Waals surface area contributed by atoms with Crippen LogP contribution in [0.4, 0.5) is 0 Å². The Bertz CT molecular complexity index is 439. The van der Waals surface area contributed by atoms with Gasteiger partial charge >= 0.3 is 0 Å². The Labute approximate surface area is 144 Å². The SMILES string of the molecule is C=Cc1cc(C=C)cc(C(CCCC(C)C)CCCC(C)C)c1. The zero-order valence-electron chi connectivity index (χ0n) is 15.8. The lowest BCUT2D eigenvalue weighted by molar-refractivity contribution is 0.452. The molecule has 0 fully saturated rings. The fourth-order valence-corrected chi connectivity index (χ4v) is 3.20. The summed E-state index contributed by atoms with van der Waals surface area (Å²) >= 11 is 0. The lowest BCUT2D eigenvalue weighted by Crippen LogP contribution is -2.03. The van der Waals surface area contributed by atoms with Crippen molar-refractivity contribution in [2.75, 3.05) is 0 Å². The van der Waals surface area contributed by atoms with Crippen LogP contribution in [0.2, 0.25) is 0 Å². The molecular weight excluding hydrogens is 276 g/mol. The van der Waals surface area contributed by atoms with Crippen LogP contribution in [0.25, 0.3) is 12.2 Å². The van der Waals surface area contributed by atoms with Crippen molar-refractivity contribution >= 4 is 12.2 Å². The van der Waals surface area contributed by atoms with Crippen LogP contribution in [0.1, 0.15) is 88.8 Å². The Hall–Kier alpha value is -1.30. The molecule has 0 atom stereocenters. The minimum Gasteiger partial charge on any atom is -0.0985 e. The Balaban J connectivity index is 2.87. The molecule has 0 radical (unpaired) electrons. The van der Waals surface area contributed by atoms with Crippen LogP contribution < -0.4 is 0 Å². The molecule has 0 aliphatic rings. The van der Waals surface area contributed by atoms with Crippen molar-refractivity contribution in [1.82, 2.24) is 0 Å². The summed E-state index contributed by atoms with van der Waals surface area (Å²) in [5.41, 5.74) is 3.91. The number of benzene rings is 1. The molecule has 0 N–H and O–H groups in total. The van der Waals surface area contributed by atoms with Crippen molar-refractivity contribution in [2.24, 2.45) is 11.8 Å². The first-order chi connectivity index (χ1) is 11.0. The molecule has 0 saturated carbocycles. The average molecular weight is 313 g/mol. The molecular formula is C23H36. The third-order valence-electron chi connectivity index (χ3n) is 4.61. The van der Waals surface area contributed by atoms with Crippen molar-refractivity contribution in [1.29, 1.82) is 0 Å². The van der Waals surface area contributed by atoms with E-state index in [2.05, 4.69) is 59.1 Å². The van der Waals surface area contributed by atoms with Crippen LogP contribution in [-0.2, 0) is 0 Å². The summed E-state index contributed by atoms with van der Waals surface area (Å²) in [5.74, 6) is 2.27. The van der Waals surface area contributed by atoms with Crippen molar-refractivity contribution in [2.45, 2.75) is 72.1 Å². The van der Waals surface area contributed by atoms with Gasteiger partial charge < -0.3 is 0 Å². The summed E-state index contributed by atoms with van der Waals surface area (Å²) in [5, 5.41) is 0. The van der Waals surface area contributed by atoms with Gasteiger partial charge in [-0.25, -0.2) is 0 Å². The third kappa shape index (κ3) is 7.68. The first-order valence-corrected chi connectivity index (χ1v) is 9.36. The van der Waals surface area contributed by atoms with E-state index in [0.29, 0.717) is 5.92 Å². The molecule has 0 unspecified atom stereocenters. The second-order valence-electron chi connectivity index (χ2n) is 7.69. The molecule has 1 rings (SSSR count). The van der Waals surface area contributed by atoms with E-state index in [1.165, 1.54) is 55.2 Å². The largest absolute Gasteiger partial charge is 0.0985 e. The van der Waals surface area contributed by atoms with Gasteiger partial charge in [0.2, 0.25) is 0 Å². The van der Waals surface area contributed by atoms with Gasteiger partial charge in [-0.1, -0.05) is 90.8 Å². The minimum atomic E-state index is 0.672. The van der Waals surface area contributed by atoms with Crippen LogP contribution in [0.5, 0.6) is 0 Å². The fourth-order valence-electron chi connectivity index (χ4n) is 3.20. The summed E-state index contributed by atoms with van der Waals surface area (Å²) in [6, 6.07) is 6.83. The first-order valence-electron chi connectivity index (χ1n) is 9.36. The minimum absolute atomic E-state index is 0.672. The quantitative estimate of drug-likeness (QED) is 0.392. The van der Waals surface area contributed by atoms with Crippen molar-refractivity contribution in [3.8, 4) is 0 Å². The van der Waals surface area contributed by atoms with Gasteiger partial charge in [0.15, 0.2) is 0 Å². The molecule has 0 aromatic heterocycles. The molecule has 0 heteroatoms. The zero-order chi connectivity index (χ0) is 17.2. The van der Waals surface area contributed by atoms with E-state index in [9.17, 15) is 0 Å². The van der Waals surface area contributed by atoms with Crippen molar-refractivity contribution < 1.29 is 0 Å². The van der Waals surface area contributed by atoms with Crippen LogP contribution >= 0.6 is 0 Å². The lowest BCUT2D eigenvalue weighted by atomic mass is 9.85. The smallest absolute Gasteiger partial charge is 0.0162 e. The molecule has 0 amide bonds. The van der Waals surface area contributed by atoms with Gasteiger partial charge in [-0.05, 0) is 53.4 Å². The molecule has 23 heavy (non-hydrogen) atoms. The van der Waals surface area contributed by atoms with E-state index in [1.807, 2.05) is 12.2 Å². The fraction of sp³-hybridized carbons (Fsp3) is 0.565. The molecule has 1 aromatic rings. The van der Waals surface area contributed by atoms with Gasteiger partial charge in [0, 0.05) is 0 Å². The van der Waals surface area contributed by atoms with Crippen molar-refractivity contribution in [3.63, 3.8) is 0 Å². The third-order valence-corrected chi connectivity index (χ3v) is 4.61. The second-order valence-corrected chi connectivity index (χ2v) is 7.69. The zero-order valence-corrected chi connectivity index (χ0v) is 15.8. The van der Waals surface area contributed by atoms with E-state index in [-0.39, 0.29) is 0 Å². The maximum absolute atomic E-state index is 3.94. The van der Waals surface area contributed by atoms with E-state index < -0.39 is 0 Å². The molecule has 0 nitrogen and oxygen atoms in total. The number of hydrogen-bond donors (Lipinski definition) is 0. The van der Waals surface area contributed by atoms with Gasteiger partial charge in [0.25, 0.3) is 0 Å². The molecule has 0 aliphatic heterocycles. The van der Waals surface area contributed by atoms with Crippen LogP contribution in [0.3, 0.4) is 0 Å². The summed E-state index contributed by atoms with van der Waals surface area (Å²) in [4.78, 5) is 0. The monoisotopic (exact) mass is 312 g/mol. The second kappa shape index (κ2) is 10.5. The molecule has 0 saturated heterocycles. The topological polar surface area (TPSA) is 0 Å². The summed E-state index contributed by atoms with van der Waals surface area (Å²) in [6.45, 7) is 17.2. The molecule has 0 aliphatic carbocycles. The highest BCUT2D eigenvalue weighted by Crippen LogP contribution is 2.31. The number of rotatable bonds is 11.